The van der Waals surface area contributed by atoms with Crippen molar-refractivity contribution in [2.24, 2.45) is 0 Å². The molecule has 8 nitrogen and oxygen atoms in total. The summed E-state index contributed by atoms with van der Waals surface area (Å²) >= 11 is 7.69. The van der Waals surface area contributed by atoms with E-state index in [2.05, 4.69) is 0 Å². The summed E-state index contributed by atoms with van der Waals surface area (Å²) in [5.74, 6) is -0.399. The van der Waals surface area contributed by atoms with Gasteiger partial charge in [-0.05, 0) is 48.9 Å². The molecule has 3 aromatic rings. The molecule has 0 radical (unpaired) electrons. The van der Waals surface area contributed by atoms with E-state index in [1.54, 1.807) is 18.2 Å². The summed E-state index contributed by atoms with van der Waals surface area (Å²) in [6.45, 7) is 1.97. The predicted octanol–water partition coefficient (Wildman–Crippen LogP) is 6.37. The number of non-ortho nitro benzene ring substituents is 1. The Morgan fingerprint density at radius 1 is 0.971 bits per heavy atom. The maximum atomic E-state index is 13.0. The van der Waals surface area contributed by atoms with Crippen molar-refractivity contribution in [2.45, 2.75) is 16.7 Å². The zero-order valence-electron chi connectivity index (χ0n) is 17.5. The van der Waals surface area contributed by atoms with Crippen LogP contribution in [-0.4, -0.2) is 20.1 Å². The summed E-state index contributed by atoms with van der Waals surface area (Å²) in [5, 5.41) is 22.6. The van der Waals surface area contributed by atoms with Gasteiger partial charge in [0.1, 0.15) is 0 Å². The van der Waals surface area contributed by atoms with Gasteiger partial charge in [0.25, 0.3) is 17.3 Å². The predicted molar refractivity (Wildman–Crippen MR) is 137 cm³/mol. The number of carbonyl (C=O) groups is 1. The molecule has 0 atom stereocenters. The lowest BCUT2D eigenvalue weighted by molar-refractivity contribution is -0.387. The minimum absolute atomic E-state index is 0.0647. The van der Waals surface area contributed by atoms with Crippen LogP contribution in [0.15, 0.2) is 81.4 Å². The number of anilines is 1. The summed E-state index contributed by atoms with van der Waals surface area (Å²) in [4.78, 5) is 37.5. The lowest BCUT2D eigenvalue weighted by Gasteiger charge is -2.13. The first kappa shape index (κ1) is 23.6. The van der Waals surface area contributed by atoms with Gasteiger partial charge in [0.2, 0.25) is 0 Å². The third-order valence-corrected chi connectivity index (χ3v) is 7.21. The fraction of sp³-hybridized carbons (Fsp3) is 0.0435. The normalized spacial score (nSPS) is 14.6. The monoisotopic (exact) mass is 509 g/mol. The molecule has 0 bridgehead atoms. The summed E-state index contributed by atoms with van der Waals surface area (Å²) in [6.07, 6.45) is 1.55. The summed E-state index contributed by atoms with van der Waals surface area (Å²) in [5.41, 5.74) is 1.84. The standard InChI is InChI=1S/C23H15N3O5S3/c1-14-2-9-18(10-3-14)33-20-11-4-15(12-19(20)26(30)31)13-21-22(27)24(23(32)34-21)16-5-7-17(8-6-16)25(28)29/h2-13H,1H3/b21-13+. The maximum absolute atomic E-state index is 13.0. The highest BCUT2D eigenvalue weighted by atomic mass is 32.2. The van der Waals surface area contributed by atoms with E-state index in [0.29, 0.717) is 21.1 Å². The molecule has 0 aliphatic carbocycles. The quantitative estimate of drug-likeness (QED) is 0.163. The van der Waals surface area contributed by atoms with Gasteiger partial charge in [-0.3, -0.25) is 29.9 Å². The van der Waals surface area contributed by atoms with Crippen LogP contribution in [0.1, 0.15) is 11.1 Å². The van der Waals surface area contributed by atoms with Crippen LogP contribution >= 0.6 is 35.7 Å². The van der Waals surface area contributed by atoms with Gasteiger partial charge >= 0.3 is 0 Å². The zero-order chi connectivity index (χ0) is 24.4. The lowest BCUT2D eigenvalue weighted by Crippen LogP contribution is -2.27. The first-order chi connectivity index (χ1) is 16.2. The Bertz CT molecular complexity index is 1360. The van der Waals surface area contributed by atoms with Crippen molar-refractivity contribution in [1.29, 1.82) is 0 Å². The van der Waals surface area contributed by atoms with Crippen LogP contribution in [0.3, 0.4) is 0 Å². The molecule has 0 spiro atoms. The molecule has 1 saturated heterocycles. The summed E-state index contributed by atoms with van der Waals surface area (Å²) in [6, 6.07) is 18.0. The van der Waals surface area contributed by atoms with Crippen LogP contribution in [0.5, 0.6) is 0 Å². The van der Waals surface area contributed by atoms with Crippen molar-refractivity contribution < 1.29 is 14.6 Å². The molecule has 3 aromatic carbocycles. The van der Waals surface area contributed by atoms with Gasteiger partial charge in [0.05, 0.1) is 25.3 Å². The number of hydrogen-bond donors (Lipinski definition) is 0. The van der Waals surface area contributed by atoms with E-state index in [4.69, 9.17) is 12.2 Å². The number of nitro benzene ring substituents is 2. The van der Waals surface area contributed by atoms with Crippen molar-refractivity contribution >= 4 is 69.1 Å². The molecule has 0 unspecified atom stereocenters. The molecule has 1 heterocycles. The molecule has 1 aliphatic heterocycles. The van der Waals surface area contributed by atoms with E-state index in [-0.39, 0.29) is 15.7 Å². The van der Waals surface area contributed by atoms with Gasteiger partial charge in [-0.15, -0.1) is 0 Å². The highest BCUT2D eigenvalue weighted by molar-refractivity contribution is 8.27. The van der Waals surface area contributed by atoms with E-state index in [1.165, 1.54) is 47.0 Å². The Kier molecular flexibility index (Phi) is 6.77. The number of amides is 1. The van der Waals surface area contributed by atoms with Gasteiger partial charge < -0.3 is 0 Å². The van der Waals surface area contributed by atoms with Crippen molar-refractivity contribution in [1.82, 2.24) is 0 Å². The van der Waals surface area contributed by atoms with Crippen molar-refractivity contribution in [2.75, 3.05) is 4.90 Å². The van der Waals surface area contributed by atoms with Gasteiger partial charge in [-0.25, -0.2) is 0 Å². The Balaban J connectivity index is 1.60. The number of aryl methyl sites for hydroxylation is 1. The largest absolute Gasteiger partial charge is 0.283 e. The highest BCUT2D eigenvalue weighted by Crippen LogP contribution is 2.39. The maximum Gasteiger partial charge on any atom is 0.283 e. The number of benzene rings is 3. The van der Waals surface area contributed by atoms with Crippen molar-refractivity contribution in [3.8, 4) is 0 Å². The second-order valence-electron chi connectivity index (χ2n) is 7.19. The Morgan fingerprint density at radius 2 is 1.65 bits per heavy atom. The van der Waals surface area contributed by atoms with Gasteiger partial charge in [-0.2, -0.15) is 0 Å². The third kappa shape index (κ3) is 5.01. The van der Waals surface area contributed by atoms with Gasteiger partial charge in [0, 0.05) is 23.1 Å². The first-order valence-corrected chi connectivity index (χ1v) is 11.8. The topological polar surface area (TPSA) is 107 Å². The molecule has 4 rings (SSSR count). The Hall–Kier alpha value is -3.54. The molecule has 0 aromatic heterocycles. The number of thiocarbonyl (C=S) groups is 1. The van der Waals surface area contributed by atoms with Gasteiger partial charge in [0.15, 0.2) is 4.32 Å². The molecule has 170 valence electrons. The number of nitro groups is 2. The minimum Gasteiger partial charge on any atom is -0.268 e. The molecule has 0 saturated carbocycles. The SMILES string of the molecule is Cc1ccc(Sc2ccc(/C=C3/SC(=S)N(c4ccc([N+](=O)[O-])cc4)C3=O)cc2[N+](=O)[O-])cc1. The first-order valence-electron chi connectivity index (χ1n) is 9.78. The lowest BCUT2D eigenvalue weighted by atomic mass is 10.2. The third-order valence-electron chi connectivity index (χ3n) is 4.84. The van der Waals surface area contributed by atoms with Crippen LogP contribution in [0.4, 0.5) is 17.1 Å². The second-order valence-corrected chi connectivity index (χ2v) is 9.98. The Labute approximate surface area is 208 Å². The summed E-state index contributed by atoms with van der Waals surface area (Å²) < 4.78 is 0.270. The Morgan fingerprint density at radius 3 is 2.26 bits per heavy atom. The number of rotatable bonds is 6. The molecule has 34 heavy (non-hydrogen) atoms. The molecular formula is C23H15N3O5S3. The second kappa shape index (κ2) is 9.75. The van der Waals surface area contributed by atoms with Crippen LogP contribution < -0.4 is 4.90 Å². The number of thioether (sulfide) groups is 1. The van der Waals surface area contributed by atoms with E-state index >= 15 is 0 Å². The number of nitrogens with zero attached hydrogens (tertiary/aromatic N) is 3. The molecular weight excluding hydrogens is 494 g/mol. The van der Waals surface area contributed by atoms with Crippen molar-refractivity contribution in [3.05, 3.63) is 103 Å². The molecule has 1 aliphatic rings. The number of carbonyl (C=O) groups excluding carboxylic acids is 1. The highest BCUT2D eigenvalue weighted by Gasteiger charge is 2.33. The average molecular weight is 510 g/mol. The van der Waals surface area contributed by atoms with Crippen LogP contribution in [-0.2, 0) is 4.79 Å². The fourth-order valence-electron chi connectivity index (χ4n) is 3.15. The van der Waals surface area contributed by atoms with E-state index < -0.39 is 15.8 Å². The molecule has 1 fully saturated rings. The van der Waals surface area contributed by atoms with E-state index in [1.807, 2.05) is 31.2 Å². The van der Waals surface area contributed by atoms with Crippen LogP contribution in [0.2, 0.25) is 0 Å². The molecule has 0 N–H and O–H groups in total. The van der Waals surface area contributed by atoms with Crippen LogP contribution in [0.25, 0.3) is 6.08 Å². The summed E-state index contributed by atoms with van der Waals surface area (Å²) in [7, 11) is 0. The van der Waals surface area contributed by atoms with Crippen LogP contribution in [0, 0.1) is 27.2 Å². The van der Waals surface area contributed by atoms with E-state index in [0.717, 1.165) is 22.2 Å². The van der Waals surface area contributed by atoms with Crippen molar-refractivity contribution in [3.63, 3.8) is 0 Å². The fourth-order valence-corrected chi connectivity index (χ4v) is 5.35. The minimum atomic E-state index is -0.526. The van der Waals surface area contributed by atoms with E-state index in [9.17, 15) is 25.0 Å². The zero-order valence-corrected chi connectivity index (χ0v) is 20.0. The molecule has 1 amide bonds. The number of hydrogen-bond acceptors (Lipinski definition) is 8. The average Bonchev–Trinajstić information content (AvgIpc) is 3.08. The van der Waals surface area contributed by atoms with Gasteiger partial charge in [-0.1, -0.05) is 59.5 Å². The molecule has 11 heteroatoms. The smallest absolute Gasteiger partial charge is 0.268 e.